The second-order valence-electron chi connectivity index (χ2n) is 17.1. The summed E-state index contributed by atoms with van der Waals surface area (Å²) in [7, 11) is 0. The number of unbranched alkanes of at least 4 members (excludes halogenated alkanes) is 33. The number of carbonyl (C=O) groups is 3. The summed E-state index contributed by atoms with van der Waals surface area (Å²) < 4.78 is 16.7. The zero-order valence-corrected chi connectivity index (χ0v) is 38.4. The van der Waals surface area contributed by atoms with Gasteiger partial charge in [0.15, 0.2) is 6.10 Å². The highest BCUT2D eigenvalue weighted by Gasteiger charge is 2.19. The monoisotopic (exact) mass is 805 g/mol. The van der Waals surface area contributed by atoms with Crippen LogP contribution in [0.3, 0.4) is 0 Å². The van der Waals surface area contributed by atoms with Crippen molar-refractivity contribution in [1.82, 2.24) is 0 Å². The van der Waals surface area contributed by atoms with Gasteiger partial charge < -0.3 is 14.2 Å². The first kappa shape index (κ1) is 55.2. The molecule has 0 amide bonds. The molecule has 0 spiro atoms. The zero-order valence-electron chi connectivity index (χ0n) is 38.4. The molecule has 57 heavy (non-hydrogen) atoms. The van der Waals surface area contributed by atoms with Gasteiger partial charge in [-0.15, -0.1) is 0 Å². The predicted molar refractivity (Wildman–Crippen MR) is 243 cm³/mol. The van der Waals surface area contributed by atoms with Crippen LogP contribution in [0.4, 0.5) is 0 Å². The van der Waals surface area contributed by atoms with Crippen LogP contribution in [0.5, 0.6) is 0 Å². The number of ether oxygens (including phenoxy) is 3. The van der Waals surface area contributed by atoms with Gasteiger partial charge in [0.2, 0.25) is 0 Å². The van der Waals surface area contributed by atoms with E-state index in [0.29, 0.717) is 19.3 Å². The minimum absolute atomic E-state index is 0.0686. The number of allylic oxidation sites excluding steroid dienone is 2. The van der Waals surface area contributed by atoms with Crippen molar-refractivity contribution in [1.29, 1.82) is 0 Å². The largest absolute Gasteiger partial charge is 0.462 e. The van der Waals surface area contributed by atoms with E-state index in [2.05, 4.69) is 32.9 Å². The van der Waals surface area contributed by atoms with Crippen LogP contribution in [0, 0.1) is 0 Å². The standard InChI is InChI=1S/C51H96O6/c1-4-7-10-13-16-19-21-23-24-25-26-27-28-30-32-35-38-41-44-50(53)56-47-48(46-55-49(52)43-40-37-34-31-18-15-12-9-6-3)57-51(54)45-42-39-36-33-29-22-20-17-14-11-8-5-2/h17,20,48H,4-16,18-19,21-47H2,1-3H3/b20-17-/t48-/m1/s1. The molecule has 0 fully saturated rings. The van der Waals surface area contributed by atoms with Crippen molar-refractivity contribution in [3.05, 3.63) is 12.2 Å². The van der Waals surface area contributed by atoms with E-state index in [4.69, 9.17) is 14.2 Å². The van der Waals surface area contributed by atoms with Crippen LogP contribution in [0.25, 0.3) is 0 Å². The van der Waals surface area contributed by atoms with E-state index >= 15 is 0 Å². The van der Waals surface area contributed by atoms with E-state index in [9.17, 15) is 14.4 Å². The van der Waals surface area contributed by atoms with Crippen molar-refractivity contribution in [3.8, 4) is 0 Å². The lowest BCUT2D eigenvalue weighted by atomic mass is 10.0. The van der Waals surface area contributed by atoms with E-state index in [1.807, 2.05) is 0 Å². The smallest absolute Gasteiger partial charge is 0.306 e. The number of hydrogen-bond donors (Lipinski definition) is 0. The molecule has 0 aromatic rings. The van der Waals surface area contributed by atoms with E-state index < -0.39 is 6.10 Å². The van der Waals surface area contributed by atoms with Gasteiger partial charge in [-0.2, -0.15) is 0 Å². The molecule has 0 bridgehead atoms. The Kier molecular flexibility index (Phi) is 45.3. The normalized spacial score (nSPS) is 12.0. The lowest BCUT2D eigenvalue weighted by Gasteiger charge is -2.18. The van der Waals surface area contributed by atoms with Gasteiger partial charge in [0.05, 0.1) is 0 Å². The van der Waals surface area contributed by atoms with Gasteiger partial charge in [-0.25, -0.2) is 0 Å². The zero-order chi connectivity index (χ0) is 41.5. The molecular weight excluding hydrogens is 709 g/mol. The molecular formula is C51H96O6. The molecule has 0 rings (SSSR count). The van der Waals surface area contributed by atoms with Gasteiger partial charge in [0.25, 0.3) is 0 Å². The number of carbonyl (C=O) groups excluding carboxylic acids is 3. The van der Waals surface area contributed by atoms with E-state index in [1.165, 1.54) is 173 Å². The fourth-order valence-corrected chi connectivity index (χ4v) is 7.44. The van der Waals surface area contributed by atoms with Gasteiger partial charge in [-0.1, -0.05) is 226 Å². The Bertz CT molecular complexity index is 885. The van der Waals surface area contributed by atoms with Gasteiger partial charge in [-0.3, -0.25) is 14.4 Å². The number of rotatable bonds is 46. The van der Waals surface area contributed by atoms with Crippen LogP contribution < -0.4 is 0 Å². The third-order valence-electron chi connectivity index (χ3n) is 11.3. The molecule has 0 aliphatic heterocycles. The Hall–Kier alpha value is -1.85. The summed E-state index contributed by atoms with van der Waals surface area (Å²) in [5, 5.41) is 0. The molecule has 0 unspecified atom stereocenters. The Morgan fingerprint density at radius 3 is 0.912 bits per heavy atom. The van der Waals surface area contributed by atoms with E-state index in [1.54, 1.807) is 0 Å². The first-order valence-corrected chi connectivity index (χ1v) is 25.2. The first-order valence-electron chi connectivity index (χ1n) is 25.2. The van der Waals surface area contributed by atoms with Crippen LogP contribution in [0.1, 0.15) is 278 Å². The van der Waals surface area contributed by atoms with Crippen LogP contribution in [0.2, 0.25) is 0 Å². The van der Waals surface area contributed by atoms with Crippen LogP contribution in [-0.4, -0.2) is 37.2 Å². The summed E-state index contributed by atoms with van der Waals surface area (Å²) in [5.74, 6) is -0.867. The van der Waals surface area contributed by atoms with Crippen molar-refractivity contribution in [3.63, 3.8) is 0 Å². The second-order valence-corrected chi connectivity index (χ2v) is 17.1. The molecule has 6 nitrogen and oxygen atoms in total. The van der Waals surface area contributed by atoms with Gasteiger partial charge in [0.1, 0.15) is 13.2 Å². The molecule has 0 aliphatic carbocycles. The first-order chi connectivity index (χ1) is 28.0. The Labute approximate surface area is 354 Å². The van der Waals surface area contributed by atoms with Crippen LogP contribution in [-0.2, 0) is 28.6 Å². The minimum Gasteiger partial charge on any atom is -0.462 e. The molecule has 0 saturated heterocycles. The molecule has 6 heteroatoms. The molecule has 0 aliphatic rings. The Morgan fingerprint density at radius 1 is 0.333 bits per heavy atom. The quantitative estimate of drug-likeness (QED) is 0.0264. The predicted octanol–water partition coefficient (Wildman–Crippen LogP) is 16.2. The minimum atomic E-state index is -0.766. The molecule has 336 valence electrons. The van der Waals surface area contributed by atoms with Crippen molar-refractivity contribution < 1.29 is 28.6 Å². The van der Waals surface area contributed by atoms with Crippen LogP contribution in [0.15, 0.2) is 12.2 Å². The summed E-state index contributed by atoms with van der Waals surface area (Å²) in [4.78, 5) is 37.8. The molecule has 1 atom stereocenters. The summed E-state index contributed by atoms with van der Waals surface area (Å²) in [6.07, 6.45) is 50.6. The summed E-state index contributed by atoms with van der Waals surface area (Å²) >= 11 is 0. The highest BCUT2D eigenvalue weighted by molar-refractivity contribution is 5.71. The molecule has 0 N–H and O–H groups in total. The lowest BCUT2D eigenvalue weighted by molar-refractivity contribution is -0.167. The maximum absolute atomic E-state index is 12.7. The SMILES string of the molecule is CCCCC/C=C\CCCCCCCC(=O)O[C@H](COC(=O)CCCCCCCCCCC)COC(=O)CCCCCCCCCCCCCCCCCCCC. The fraction of sp³-hybridized carbons (Fsp3) is 0.902. The third-order valence-corrected chi connectivity index (χ3v) is 11.3. The topological polar surface area (TPSA) is 78.9 Å². The molecule has 0 saturated carbocycles. The number of hydrogen-bond acceptors (Lipinski definition) is 6. The Balaban J connectivity index is 4.24. The number of esters is 3. The summed E-state index contributed by atoms with van der Waals surface area (Å²) in [6, 6.07) is 0. The maximum Gasteiger partial charge on any atom is 0.306 e. The molecule has 0 aromatic heterocycles. The maximum atomic E-state index is 12.7. The third kappa shape index (κ3) is 45.1. The van der Waals surface area contributed by atoms with Crippen molar-refractivity contribution in [2.75, 3.05) is 13.2 Å². The van der Waals surface area contributed by atoms with Crippen LogP contribution >= 0.6 is 0 Å². The molecule has 0 heterocycles. The van der Waals surface area contributed by atoms with Gasteiger partial charge >= 0.3 is 17.9 Å². The second kappa shape index (κ2) is 46.8. The van der Waals surface area contributed by atoms with E-state index in [0.717, 1.165) is 64.2 Å². The average Bonchev–Trinajstić information content (AvgIpc) is 3.21. The summed E-state index contributed by atoms with van der Waals surface area (Å²) in [6.45, 7) is 6.62. The highest BCUT2D eigenvalue weighted by Crippen LogP contribution is 2.16. The van der Waals surface area contributed by atoms with Gasteiger partial charge in [-0.05, 0) is 44.9 Å². The average molecular weight is 805 g/mol. The highest BCUT2D eigenvalue weighted by atomic mass is 16.6. The lowest BCUT2D eigenvalue weighted by Crippen LogP contribution is -2.30. The fourth-order valence-electron chi connectivity index (χ4n) is 7.44. The Morgan fingerprint density at radius 2 is 0.579 bits per heavy atom. The van der Waals surface area contributed by atoms with E-state index in [-0.39, 0.29) is 31.1 Å². The van der Waals surface area contributed by atoms with Crippen molar-refractivity contribution in [2.24, 2.45) is 0 Å². The summed E-state index contributed by atoms with van der Waals surface area (Å²) in [5.41, 5.74) is 0. The van der Waals surface area contributed by atoms with Crippen molar-refractivity contribution in [2.45, 2.75) is 284 Å². The molecule has 0 radical (unpaired) electrons. The molecule has 0 aromatic carbocycles. The van der Waals surface area contributed by atoms with Gasteiger partial charge in [0, 0.05) is 19.3 Å². The van der Waals surface area contributed by atoms with Crippen molar-refractivity contribution >= 4 is 17.9 Å².